The van der Waals surface area contributed by atoms with E-state index in [1.807, 2.05) is 61.3 Å². The summed E-state index contributed by atoms with van der Waals surface area (Å²) >= 11 is 0. The molecule has 0 aliphatic rings. The first-order chi connectivity index (χ1) is 12.2. The van der Waals surface area contributed by atoms with Gasteiger partial charge in [0.2, 0.25) is 0 Å². The Hall–Kier alpha value is -2.73. The molecule has 0 N–H and O–H groups in total. The lowest BCUT2D eigenvalue weighted by molar-refractivity contribution is 1.56. The van der Waals surface area contributed by atoms with Crippen LogP contribution in [-0.4, -0.2) is 12.0 Å². The molecule has 0 bridgehead atoms. The minimum atomic E-state index is -1.85. The summed E-state index contributed by atoms with van der Waals surface area (Å²) in [6.07, 6.45) is 13.7. The number of benzene rings is 2. The van der Waals surface area contributed by atoms with Crippen molar-refractivity contribution in [3.63, 3.8) is 0 Å². The van der Waals surface area contributed by atoms with Gasteiger partial charge < -0.3 is 0 Å². The molecule has 25 heavy (non-hydrogen) atoms. The Morgan fingerprint density at radius 2 is 1.44 bits per heavy atom. The summed E-state index contributed by atoms with van der Waals surface area (Å²) in [5, 5.41) is 11.9. The molecule has 0 heterocycles. The molecule has 0 saturated carbocycles. The van der Waals surface area contributed by atoms with Crippen molar-refractivity contribution in [2.75, 3.05) is 6.16 Å². The summed E-state index contributed by atoms with van der Waals surface area (Å²) in [5.41, 5.74) is 0. The molecular formula is C23H24NP. The van der Waals surface area contributed by atoms with Crippen LogP contribution >= 0.6 is 6.89 Å². The summed E-state index contributed by atoms with van der Waals surface area (Å²) in [6.45, 7) is 1.81. The van der Waals surface area contributed by atoms with E-state index in [2.05, 4.69) is 54.8 Å². The Morgan fingerprint density at radius 1 is 0.960 bits per heavy atom. The monoisotopic (exact) mass is 345 g/mol. The second kappa shape index (κ2) is 11.8. The van der Waals surface area contributed by atoms with Crippen LogP contribution in [0.5, 0.6) is 0 Å². The Morgan fingerprint density at radius 3 is 1.84 bits per heavy atom. The van der Waals surface area contributed by atoms with Crippen LogP contribution in [0.25, 0.3) is 0 Å². The van der Waals surface area contributed by atoms with Gasteiger partial charge in [0, 0.05) is 5.80 Å². The molecule has 0 unspecified atom stereocenters. The van der Waals surface area contributed by atoms with E-state index in [4.69, 9.17) is 0 Å². The average Bonchev–Trinajstić information content (AvgIpc) is 2.66. The van der Waals surface area contributed by atoms with E-state index in [1.54, 1.807) is 6.92 Å². The summed E-state index contributed by atoms with van der Waals surface area (Å²) in [4.78, 5) is 0. The number of allylic oxidation sites excluding steroid dienone is 4. The van der Waals surface area contributed by atoms with Crippen LogP contribution in [0.1, 0.15) is 13.8 Å². The third-order valence-corrected chi connectivity index (χ3v) is 7.33. The van der Waals surface area contributed by atoms with Crippen LogP contribution in [0.15, 0.2) is 85.0 Å². The van der Waals surface area contributed by atoms with Crippen molar-refractivity contribution in [2.45, 2.75) is 13.8 Å². The van der Waals surface area contributed by atoms with Crippen molar-refractivity contribution >= 4 is 23.3 Å². The van der Waals surface area contributed by atoms with Crippen molar-refractivity contribution in [1.29, 1.82) is 5.26 Å². The van der Waals surface area contributed by atoms with Gasteiger partial charge in [-0.1, -0.05) is 85.0 Å². The fourth-order valence-electron chi connectivity index (χ4n) is 2.47. The molecule has 2 aromatic carbocycles. The SMILES string of the molecule is C#CC.C/C=C\C=C/CP(=CC#N)(c1ccccc1)c1ccccc1. The largest absolute Gasteiger partial charge is 0.193 e. The van der Waals surface area contributed by atoms with Crippen LogP contribution in [0.3, 0.4) is 0 Å². The van der Waals surface area contributed by atoms with Crippen molar-refractivity contribution < 1.29 is 0 Å². The first-order valence-corrected chi connectivity index (χ1v) is 10.2. The molecule has 0 amide bonds. The molecule has 0 aliphatic heterocycles. The minimum Gasteiger partial charge on any atom is -0.193 e. The summed E-state index contributed by atoms with van der Waals surface area (Å²) < 4.78 is 0. The van der Waals surface area contributed by atoms with Crippen molar-refractivity contribution in [1.82, 2.24) is 0 Å². The van der Waals surface area contributed by atoms with Crippen LogP contribution in [0.2, 0.25) is 0 Å². The lowest BCUT2D eigenvalue weighted by Gasteiger charge is -2.25. The Balaban J connectivity index is 0.000000970. The fourth-order valence-corrected chi connectivity index (χ4v) is 5.65. The van der Waals surface area contributed by atoms with Gasteiger partial charge in [0.1, 0.15) is 0 Å². The molecule has 0 fully saturated rings. The van der Waals surface area contributed by atoms with Gasteiger partial charge in [0.25, 0.3) is 0 Å². The molecule has 0 atom stereocenters. The zero-order valence-electron chi connectivity index (χ0n) is 14.8. The molecule has 126 valence electrons. The second-order valence-electron chi connectivity index (χ2n) is 5.22. The summed E-state index contributed by atoms with van der Waals surface area (Å²) in [5.74, 6) is 4.11. The number of nitriles is 1. The minimum absolute atomic E-state index is 0.860. The molecule has 0 aliphatic carbocycles. The van der Waals surface area contributed by atoms with Gasteiger partial charge in [-0.25, -0.2) is 0 Å². The third-order valence-electron chi connectivity index (χ3n) is 3.55. The van der Waals surface area contributed by atoms with Gasteiger partial charge in [0.15, 0.2) is 0 Å². The first kappa shape index (κ1) is 20.3. The quantitative estimate of drug-likeness (QED) is 0.436. The first-order valence-electron chi connectivity index (χ1n) is 8.13. The number of hydrogen-bond donors (Lipinski definition) is 0. The number of hydrogen-bond acceptors (Lipinski definition) is 1. The van der Waals surface area contributed by atoms with E-state index >= 15 is 0 Å². The molecule has 0 spiro atoms. The highest BCUT2D eigenvalue weighted by molar-refractivity contribution is 7.88. The maximum atomic E-state index is 9.41. The topological polar surface area (TPSA) is 23.8 Å². The van der Waals surface area contributed by atoms with Gasteiger partial charge in [-0.2, -0.15) is 5.26 Å². The zero-order chi connectivity index (χ0) is 18.4. The highest BCUT2D eigenvalue weighted by Gasteiger charge is 2.20. The van der Waals surface area contributed by atoms with Crippen LogP contribution < -0.4 is 10.6 Å². The molecule has 2 aromatic rings. The Labute approximate surface area is 152 Å². The maximum Gasteiger partial charge on any atom is 0.0920 e. The molecule has 1 nitrogen and oxygen atoms in total. The molecule has 2 rings (SSSR count). The number of terminal acetylenes is 1. The van der Waals surface area contributed by atoms with E-state index in [1.165, 1.54) is 10.6 Å². The predicted octanol–water partition coefficient (Wildman–Crippen LogP) is 4.75. The van der Waals surface area contributed by atoms with Crippen LogP contribution in [0, 0.1) is 23.7 Å². The molecule has 2 heteroatoms. The maximum absolute atomic E-state index is 9.41. The van der Waals surface area contributed by atoms with E-state index in [9.17, 15) is 5.26 Å². The molecule has 0 saturated heterocycles. The molecule has 0 radical (unpaired) electrons. The van der Waals surface area contributed by atoms with Crippen molar-refractivity contribution in [3.8, 4) is 18.4 Å². The molecule has 0 aromatic heterocycles. The van der Waals surface area contributed by atoms with E-state index in [0.717, 1.165) is 6.16 Å². The number of rotatable bonds is 5. The third kappa shape index (κ3) is 6.00. The van der Waals surface area contributed by atoms with E-state index in [-0.39, 0.29) is 0 Å². The van der Waals surface area contributed by atoms with Gasteiger partial charge >= 0.3 is 0 Å². The van der Waals surface area contributed by atoms with E-state index in [0.29, 0.717) is 0 Å². The standard InChI is InChI=1S/C20H20NP.C3H4/c1-2-3-4-11-17-22(18-16-21,19-12-7-5-8-13-19)20-14-9-6-10-15-20;1-3-2/h2-15,18H,17H2,1H3;1H,2H3/b3-2-,11-4-;. The predicted molar refractivity (Wildman–Crippen MR) is 114 cm³/mol. The highest BCUT2D eigenvalue weighted by Crippen LogP contribution is 2.44. The Bertz CT molecular complexity index is 772. The van der Waals surface area contributed by atoms with E-state index < -0.39 is 6.89 Å². The lowest BCUT2D eigenvalue weighted by atomic mass is 10.4. The summed E-state index contributed by atoms with van der Waals surface area (Å²) in [6, 6.07) is 23.1. The second-order valence-corrected chi connectivity index (χ2v) is 8.62. The number of nitrogens with zero attached hydrogens (tertiary/aromatic N) is 1. The average molecular weight is 345 g/mol. The van der Waals surface area contributed by atoms with Crippen LogP contribution in [-0.2, 0) is 0 Å². The van der Waals surface area contributed by atoms with Gasteiger partial charge in [-0.15, -0.1) is 12.3 Å². The summed E-state index contributed by atoms with van der Waals surface area (Å²) in [7, 11) is 0. The smallest absolute Gasteiger partial charge is 0.0920 e. The molecular weight excluding hydrogens is 321 g/mol. The van der Waals surface area contributed by atoms with Crippen molar-refractivity contribution in [2.24, 2.45) is 0 Å². The normalized spacial score (nSPS) is 10.6. The lowest BCUT2D eigenvalue weighted by Crippen LogP contribution is -2.19. The fraction of sp³-hybridized carbons (Fsp3) is 0.130. The van der Waals surface area contributed by atoms with Gasteiger partial charge in [-0.3, -0.25) is 0 Å². The van der Waals surface area contributed by atoms with Crippen LogP contribution in [0.4, 0.5) is 0 Å². The van der Waals surface area contributed by atoms with Crippen molar-refractivity contribution in [3.05, 3.63) is 85.0 Å². The highest BCUT2D eigenvalue weighted by atomic mass is 31.2. The Kier molecular flexibility index (Phi) is 9.55. The van der Waals surface area contributed by atoms with Gasteiger partial charge in [-0.05, 0) is 37.5 Å². The zero-order valence-corrected chi connectivity index (χ0v) is 15.7. The van der Waals surface area contributed by atoms with Gasteiger partial charge in [0.05, 0.1) is 6.07 Å².